The molecule has 1 aliphatic heterocycles. The molecule has 7 nitrogen and oxygen atoms in total. The summed E-state index contributed by atoms with van der Waals surface area (Å²) in [6.45, 7) is 5.70. The number of benzene rings is 2. The molecule has 3 rings (SSSR count). The summed E-state index contributed by atoms with van der Waals surface area (Å²) in [6, 6.07) is 13.0. The highest BCUT2D eigenvalue weighted by Gasteiger charge is 2.25. The Morgan fingerprint density at radius 2 is 1.88 bits per heavy atom. The summed E-state index contributed by atoms with van der Waals surface area (Å²) in [5, 5.41) is 3.00. The first kappa shape index (κ1) is 25.6. The molecule has 0 spiro atoms. The molecule has 1 atom stereocenters. The number of carbonyl (C=O) groups excluding carboxylic acids is 2. The lowest BCUT2D eigenvalue weighted by Gasteiger charge is -2.28. The number of ether oxygens (including phenoxy) is 2. The van der Waals surface area contributed by atoms with Crippen molar-refractivity contribution in [2.75, 3.05) is 44.6 Å². The predicted octanol–water partition coefficient (Wildman–Crippen LogP) is 4.57. The van der Waals surface area contributed by atoms with E-state index >= 15 is 0 Å². The van der Waals surface area contributed by atoms with Gasteiger partial charge in [-0.3, -0.25) is 9.59 Å². The molecule has 0 aliphatic carbocycles. The number of carbonyl (C=O) groups is 2. The third-order valence-electron chi connectivity index (χ3n) is 5.87. The molecule has 1 heterocycles. The van der Waals surface area contributed by atoms with Gasteiger partial charge in [-0.25, -0.2) is 0 Å². The molecule has 2 aromatic rings. The fraction of sp³-hybridized carbons (Fsp3) is 0.481. The van der Waals surface area contributed by atoms with Crippen LogP contribution >= 0.6 is 0 Å². The summed E-state index contributed by atoms with van der Waals surface area (Å²) >= 11 is 0. The summed E-state index contributed by atoms with van der Waals surface area (Å²) in [7, 11) is 5.56. The summed E-state index contributed by atoms with van der Waals surface area (Å²) in [5.74, 6) is 0.924. The van der Waals surface area contributed by atoms with Crippen LogP contribution in [0.15, 0.2) is 42.5 Å². The normalized spacial score (nSPS) is 15.3. The Balaban J connectivity index is 1.88. The Kier molecular flexibility index (Phi) is 8.93. The van der Waals surface area contributed by atoms with Crippen LogP contribution in [0.4, 0.5) is 11.4 Å². The average molecular weight is 468 g/mol. The van der Waals surface area contributed by atoms with Crippen LogP contribution in [-0.4, -0.2) is 57.2 Å². The van der Waals surface area contributed by atoms with E-state index in [1.165, 1.54) is 0 Å². The minimum atomic E-state index is -0.0582. The maximum Gasteiger partial charge on any atom is 0.254 e. The molecule has 1 fully saturated rings. The van der Waals surface area contributed by atoms with Gasteiger partial charge >= 0.3 is 0 Å². The van der Waals surface area contributed by atoms with Gasteiger partial charge in [0.1, 0.15) is 5.75 Å². The molecule has 7 heteroatoms. The van der Waals surface area contributed by atoms with Gasteiger partial charge in [0.2, 0.25) is 5.91 Å². The maximum atomic E-state index is 13.5. The SMILES string of the molecule is COc1ccc(C(=O)N(Cc2cc(NC(=O)CC(C)C)ccc2N(C)C)C[C@H]2CCCO2)cc1. The monoisotopic (exact) mass is 467 g/mol. The van der Waals surface area contributed by atoms with Crippen LogP contribution in [0.2, 0.25) is 0 Å². The third kappa shape index (κ3) is 6.97. The lowest BCUT2D eigenvalue weighted by molar-refractivity contribution is -0.116. The Morgan fingerprint density at radius 1 is 1.15 bits per heavy atom. The summed E-state index contributed by atoms with van der Waals surface area (Å²) in [6.07, 6.45) is 2.44. The standard InChI is InChI=1S/C27H37N3O4/c1-19(2)15-26(31)28-22-10-13-25(29(3)4)21(16-22)17-30(18-24-7-6-14-34-24)27(32)20-8-11-23(33-5)12-9-20/h8-13,16,19,24H,6-7,14-15,17-18H2,1-5H3,(H,28,31)/t24-/m1/s1. The number of hydrogen-bond acceptors (Lipinski definition) is 5. The van der Waals surface area contributed by atoms with Crippen molar-refractivity contribution in [3.05, 3.63) is 53.6 Å². The van der Waals surface area contributed by atoms with Gasteiger partial charge in [-0.2, -0.15) is 0 Å². The Bertz CT molecular complexity index is 966. The molecular formula is C27H37N3O4. The van der Waals surface area contributed by atoms with Crippen LogP contribution in [0.25, 0.3) is 0 Å². The highest BCUT2D eigenvalue weighted by Crippen LogP contribution is 2.27. The Labute approximate surface area is 203 Å². The van der Waals surface area contributed by atoms with Crippen LogP contribution in [0, 0.1) is 5.92 Å². The Morgan fingerprint density at radius 3 is 2.47 bits per heavy atom. The lowest BCUT2D eigenvalue weighted by Crippen LogP contribution is -2.37. The zero-order valence-electron chi connectivity index (χ0n) is 21.0. The number of anilines is 2. The molecule has 0 unspecified atom stereocenters. The first-order valence-corrected chi connectivity index (χ1v) is 11.9. The zero-order chi connectivity index (χ0) is 24.7. The minimum absolute atomic E-state index is 0.0101. The second-order valence-electron chi connectivity index (χ2n) is 9.43. The van der Waals surface area contributed by atoms with E-state index in [-0.39, 0.29) is 23.8 Å². The highest BCUT2D eigenvalue weighted by molar-refractivity contribution is 5.94. The van der Waals surface area contributed by atoms with Crippen molar-refractivity contribution in [2.24, 2.45) is 5.92 Å². The van der Waals surface area contributed by atoms with Crippen LogP contribution < -0.4 is 15.0 Å². The predicted molar refractivity (Wildman–Crippen MR) is 136 cm³/mol. The van der Waals surface area contributed by atoms with E-state index < -0.39 is 0 Å². The molecule has 0 aromatic heterocycles. The Hall–Kier alpha value is -3.06. The third-order valence-corrected chi connectivity index (χ3v) is 5.87. The molecule has 0 saturated carbocycles. The fourth-order valence-corrected chi connectivity index (χ4v) is 4.18. The molecular weight excluding hydrogens is 430 g/mol. The fourth-order valence-electron chi connectivity index (χ4n) is 4.18. The quantitative estimate of drug-likeness (QED) is 0.554. The summed E-state index contributed by atoms with van der Waals surface area (Å²) < 4.78 is 11.1. The van der Waals surface area contributed by atoms with Crippen molar-refractivity contribution in [2.45, 2.75) is 45.8 Å². The van der Waals surface area contributed by atoms with E-state index in [1.807, 2.05) is 55.9 Å². The largest absolute Gasteiger partial charge is 0.497 e. The van der Waals surface area contributed by atoms with Gasteiger partial charge in [-0.15, -0.1) is 0 Å². The topological polar surface area (TPSA) is 71.1 Å². The van der Waals surface area contributed by atoms with Gasteiger partial charge in [0.05, 0.1) is 13.2 Å². The molecule has 2 amide bonds. The number of hydrogen-bond donors (Lipinski definition) is 1. The van der Waals surface area contributed by atoms with E-state index in [0.717, 1.165) is 36.4 Å². The van der Waals surface area contributed by atoms with Crippen molar-refractivity contribution >= 4 is 23.2 Å². The van der Waals surface area contributed by atoms with E-state index in [2.05, 4.69) is 5.32 Å². The van der Waals surface area contributed by atoms with Crippen LogP contribution in [-0.2, 0) is 16.1 Å². The van der Waals surface area contributed by atoms with Gasteiger partial charge in [0.25, 0.3) is 5.91 Å². The average Bonchev–Trinajstić information content (AvgIpc) is 3.31. The molecule has 2 aromatic carbocycles. The van der Waals surface area contributed by atoms with Crippen molar-refractivity contribution in [3.63, 3.8) is 0 Å². The number of nitrogens with zero attached hydrogens (tertiary/aromatic N) is 2. The maximum absolute atomic E-state index is 13.5. The number of methoxy groups -OCH3 is 1. The first-order chi connectivity index (χ1) is 16.3. The molecule has 34 heavy (non-hydrogen) atoms. The second-order valence-corrected chi connectivity index (χ2v) is 9.43. The van der Waals surface area contributed by atoms with Gasteiger partial charge in [0.15, 0.2) is 0 Å². The lowest BCUT2D eigenvalue weighted by atomic mass is 10.1. The minimum Gasteiger partial charge on any atom is -0.497 e. The smallest absolute Gasteiger partial charge is 0.254 e. The van der Waals surface area contributed by atoms with Crippen LogP contribution in [0.3, 0.4) is 0 Å². The molecule has 1 aliphatic rings. The van der Waals surface area contributed by atoms with Gasteiger partial charge < -0.3 is 24.6 Å². The first-order valence-electron chi connectivity index (χ1n) is 11.9. The van der Waals surface area contributed by atoms with E-state index in [1.54, 1.807) is 31.4 Å². The molecule has 1 N–H and O–H groups in total. The molecule has 0 radical (unpaired) electrons. The number of rotatable bonds is 10. The number of amides is 2. The molecule has 184 valence electrons. The summed E-state index contributed by atoms with van der Waals surface area (Å²) in [4.78, 5) is 29.8. The van der Waals surface area contributed by atoms with Gasteiger partial charge in [-0.05, 0) is 66.8 Å². The van der Waals surface area contributed by atoms with Crippen molar-refractivity contribution in [3.8, 4) is 5.75 Å². The molecule has 1 saturated heterocycles. The van der Waals surface area contributed by atoms with E-state index in [4.69, 9.17) is 9.47 Å². The molecule has 0 bridgehead atoms. The second kappa shape index (κ2) is 11.9. The zero-order valence-corrected chi connectivity index (χ0v) is 21.0. The van der Waals surface area contributed by atoms with Crippen molar-refractivity contribution in [1.82, 2.24) is 4.90 Å². The summed E-state index contributed by atoms with van der Waals surface area (Å²) in [5.41, 5.74) is 3.31. The van der Waals surface area contributed by atoms with E-state index in [0.29, 0.717) is 30.8 Å². The van der Waals surface area contributed by atoms with Crippen LogP contribution in [0.1, 0.15) is 49.0 Å². The highest BCUT2D eigenvalue weighted by atomic mass is 16.5. The van der Waals surface area contributed by atoms with E-state index in [9.17, 15) is 9.59 Å². The number of nitrogens with one attached hydrogen (secondary N) is 1. The van der Waals surface area contributed by atoms with Gasteiger partial charge in [-0.1, -0.05) is 13.8 Å². The van der Waals surface area contributed by atoms with Gasteiger partial charge in [0, 0.05) is 57.2 Å². The van der Waals surface area contributed by atoms with Crippen molar-refractivity contribution < 1.29 is 19.1 Å². The van der Waals surface area contributed by atoms with Crippen molar-refractivity contribution in [1.29, 1.82) is 0 Å². The van der Waals surface area contributed by atoms with Crippen LogP contribution in [0.5, 0.6) is 5.75 Å².